The number of para-hydroxylation sites is 1. The number of nitrogens with one attached hydrogen (secondary N) is 1. The van der Waals surface area contributed by atoms with Gasteiger partial charge in [-0.05, 0) is 36.4 Å². The van der Waals surface area contributed by atoms with Crippen LogP contribution in [0.2, 0.25) is 5.02 Å². The number of rotatable bonds is 7. The predicted octanol–water partition coefficient (Wildman–Crippen LogP) is 4.71. The van der Waals surface area contributed by atoms with Crippen LogP contribution in [-0.4, -0.2) is 60.7 Å². The van der Waals surface area contributed by atoms with Gasteiger partial charge in [-0.3, -0.25) is 14.6 Å². The van der Waals surface area contributed by atoms with Crippen molar-refractivity contribution in [1.82, 2.24) is 9.80 Å². The largest absolute Gasteiger partial charge is 0.418 e. The molecule has 1 saturated heterocycles. The molecule has 0 unspecified atom stereocenters. The number of piperazine rings is 1. The van der Waals surface area contributed by atoms with E-state index in [1.807, 2.05) is 29.2 Å². The lowest BCUT2D eigenvalue weighted by molar-refractivity contribution is -0.137. The zero-order valence-electron chi connectivity index (χ0n) is 16.3. The van der Waals surface area contributed by atoms with Crippen molar-refractivity contribution < 1.29 is 18.0 Å². The van der Waals surface area contributed by atoms with E-state index in [4.69, 9.17) is 11.6 Å². The number of benzene rings is 2. The number of halogens is 4. The number of anilines is 1. The molecule has 0 aliphatic carbocycles. The van der Waals surface area contributed by atoms with Gasteiger partial charge in [-0.2, -0.15) is 13.2 Å². The van der Waals surface area contributed by atoms with E-state index in [0.29, 0.717) is 13.1 Å². The van der Waals surface area contributed by atoms with Crippen molar-refractivity contribution in [2.75, 3.05) is 50.3 Å². The lowest BCUT2D eigenvalue weighted by atomic mass is 10.1. The molecule has 0 spiro atoms. The zero-order chi connectivity index (χ0) is 21.6. The molecule has 30 heavy (non-hydrogen) atoms. The Balaban J connectivity index is 1.39. The minimum atomic E-state index is -4.50. The molecule has 2 aromatic carbocycles. The van der Waals surface area contributed by atoms with E-state index < -0.39 is 17.6 Å². The van der Waals surface area contributed by atoms with Crippen LogP contribution in [0.4, 0.5) is 18.9 Å². The second-order valence-electron chi connectivity index (χ2n) is 7.01. The second-order valence-corrected chi connectivity index (χ2v) is 8.62. The van der Waals surface area contributed by atoms with Crippen LogP contribution in [-0.2, 0) is 11.0 Å². The summed E-state index contributed by atoms with van der Waals surface area (Å²) in [5.74, 6) is 0.523. The summed E-state index contributed by atoms with van der Waals surface area (Å²) in [7, 11) is 0. The zero-order valence-corrected chi connectivity index (χ0v) is 17.9. The summed E-state index contributed by atoms with van der Waals surface area (Å²) in [5.41, 5.74) is -1.03. The fourth-order valence-electron chi connectivity index (χ4n) is 3.23. The van der Waals surface area contributed by atoms with E-state index >= 15 is 0 Å². The van der Waals surface area contributed by atoms with Gasteiger partial charge in [0.25, 0.3) is 0 Å². The van der Waals surface area contributed by atoms with Gasteiger partial charge in [0, 0.05) is 48.4 Å². The summed E-state index contributed by atoms with van der Waals surface area (Å²) in [6.07, 6.45) is -4.50. The Kier molecular flexibility index (Phi) is 8.05. The van der Waals surface area contributed by atoms with Crippen molar-refractivity contribution in [1.29, 1.82) is 0 Å². The van der Waals surface area contributed by atoms with Gasteiger partial charge >= 0.3 is 6.18 Å². The van der Waals surface area contributed by atoms with Crippen LogP contribution in [0, 0.1) is 0 Å². The van der Waals surface area contributed by atoms with E-state index in [2.05, 4.69) is 10.2 Å². The normalized spacial score (nSPS) is 15.9. The van der Waals surface area contributed by atoms with Crippen LogP contribution in [0.25, 0.3) is 0 Å². The lowest BCUT2D eigenvalue weighted by Gasteiger charge is -2.34. The molecular formula is C21H23ClF3N3OS. The first-order valence-electron chi connectivity index (χ1n) is 9.60. The van der Waals surface area contributed by atoms with Gasteiger partial charge in [0.2, 0.25) is 5.91 Å². The van der Waals surface area contributed by atoms with Gasteiger partial charge in [-0.15, -0.1) is 11.8 Å². The third kappa shape index (κ3) is 6.91. The Morgan fingerprint density at radius 3 is 2.30 bits per heavy atom. The summed E-state index contributed by atoms with van der Waals surface area (Å²) < 4.78 is 39.2. The number of carbonyl (C=O) groups excluding carboxylic acids is 1. The van der Waals surface area contributed by atoms with Crippen LogP contribution in [0.5, 0.6) is 0 Å². The monoisotopic (exact) mass is 457 g/mol. The van der Waals surface area contributed by atoms with Crippen LogP contribution in [0.3, 0.4) is 0 Å². The van der Waals surface area contributed by atoms with E-state index in [9.17, 15) is 18.0 Å². The van der Waals surface area contributed by atoms with Crippen molar-refractivity contribution in [3.05, 3.63) is 59.1 Å². The number of hydrogen-bond acceptors (Lipinski definition) is 4. The highest BCUT2D eigenvalue weighted by atomic mass is 35.5. The van der Waals surface area contributed by atoms with Crippen LogP contribution in [0.15, 0.2) is 53.4 Å². The molecule has 1 aliphatic rings. The maximum atomic E-state index is 13.1. The van der Waals surface area contributed by atoms with Crippen LogP contribution in [0.1, 0.15) is 5.56 Å². The number of carbonyl (C=O) groups is 1. The molecule has 162 valence electrons. The fourth-order valence-corrected chi connectivity index (χ4v) is 4.27. The van der Waals surface area contributed by atoms with Crippen molar-refractivity contribution in [3.63, 3.8) is 0 Å². The Morgan fingerprint density at radius 2 is 1.63 bits per heavy atom. The third-order valence-electron chi connectivity index (χ3n) is 4.83. The fraction of sp³-hybridized carbons (Fsp3) is 0.381. The minimum Gasteiger partial charge on any atom is -0.324 e. The maximum Gasteiger partial charge on any atom is 0.418 e. The second kappa shape index (κ2) is 10.5. The van der Waals surface area contributed by atoms with E-state index in [1.54, 1.807) is 11.8 Å². The van der Waals surface area contributed by atoms with Crippen molar-refractivity contribution in [2.24, 2.45) is 0 Å². The van der Waals surface area contributed by atoms with Gasteiger partial charge in [0.05, 0.1) is 17.8 Å². The summed E-state index contributed by atoms with van der Waals surface area (Å²) >= 11 is 7.66. The molecule has 0 atom stereocenters. The summed E-state index contributed by atoms with van der Waals surface area (Å²) in [6, 6.07) is 12.8. The van der Waals surface area contributed by atoms with Crippen molar-refractivity contribution in [3.8, 4) is 0 Å². The molecule has 0 saturated carbocycles. The Hall–Kier alpha value is -1.74. The van der Waals surface area contributed by atoms with Gasteiger partial charge in [0.1, 0.15) is 0 Å². The number of nitrogens with zero attached hydrogens (tertiary/aromatic N) is 2. The van der Waals surface area contributed by atoms with E-state index in [1.165, 1.54) is 23.1 Å². The topological polar surface area (TPSA) is 35.6 Å². The maximum absolute atomic E-state index is 13.1. The minimum absolute atomic E-state index is 0.0829. The smallest absolute Gasteiger partial charge is 0.324 e. The lowest BCUT2D eigenvalue weighted by Crippen LogP contribution is -2.49. The molecule has 1 heterocycles. The first-order valence-corrected chi connectivity index (χ1v) is 11.0. The molecular weight excluding hydrogens is 435 g/mol. The highest BCUT2D eigenvalue weighted by Crippen LogP contribution is 2.34. The van der Waals surface area contributed by atoms with Crippen molar-refractivity contribution >= 4 is 35.0 Å². The third-order valence-corrected chi connectivity index (χ3v) is 6.07. The molecule has 3 rings (SSSR count). The average molecular weight is 458 g/mol. The van der Waals surface area contributed by atoms with E-state index in [0.717, 1.165) is 36.5 Å². The van der Waals surface area contributed by atoms with Gasteiger partial charge in [-0.1, -0.05) is 23.7 Å². The summed E-state index contributed by atoms with van der Waals surface area (Å²) in [5, 5.41) is 3.13. The van der Waals surface area contributed by atoms with Gasteiger partial charge in [0.15, 0.2) is 0 Å². The predicted molar refractivity (Wildman–Crippen MR) is 115 cm³/mol. The molecule has 0 radical (unpaired) electrons. The highest BCUT2D eigenvalue weighted by molar-refractivity contribution is 7.99. The molecule has 0 aromatic heterocycles. The van der Waals surface area contributed by atoms with Gasteiger partial charge in [-0.25, -0.2) is 0 Å². The molecule has 4 nitrogen and oxygen atoms in total. The molecule has 2 aromatic rings. The van der Waals surface area contributed by atoms with Crippen LogP contribution >= 0.6 is 23.4 Å². The standard InChI is InChI=1S/C21H23ClF3N3OS/c22-16-5-7-17(8-6-16)30-14-13-27-9-11-28(12-10-27)15-20(29)26-19-4-2-1-3-18(19)21(23,24)25/h1-8H,9-15H2,(H,26,29). The highest BCUT2D eigenvalue weighted by Gasteiger charge is 2.33. The molecule has 1 fully saturated rings. The van der Waals surface area contributed by atoms with E-state index in [-0.39, 0.29) is 12.2 Å². The Bertz CT molecular complexity index is 840. The Labute approximate surface area is 183 Å². The molecule has 9 heteroatoms. The Morgan fingerprint density at radius 1 is 1.00 bits per heavy atom. The SMILES string of the molecule is O=C(CN1CCN(CCSc2ccc(Cl)cc2)CC1)Nc1ccccc1C(F)(F)F. The number of amides is 1. The average Bonchev–Trinajstić information content (AvgIpc) is 2.70. The number of thioether (sulfide) groups is 1. The van der Waals surface area contributed by atoms with Crippen molar-refractivity contribution in [2.45, 2.75) is 11.1 Å². The molecule has 0 bridgehead atoms. The number of alkyl halides is 3. The summed E-state index contributed by atoms with van der Waals surface area (Å²) in [4.78, 5) is 17.7. The quantitative estimate of drug-likeness (QED) is 0.611. The summed E-state index contributed by atoms with van der Waals surface area (Å²) in [6.45, 7) is 4.09. The molecule has 1 amide bonds. The number of hydrogen-bond donors (Lipinski definition) is 1. The first-order chi connectivity index (χ1) is 14.3. The first kappa shape index (κ1) is 22.9. The molecule has 1 N–H and O–H groups in total. The molecule has 1 aliphatic heterocycles. The van der Waals surface area contributed by atoms with Crippen LogP contribution < -0.4 is 5.32 Å². The van der Waals surface area contributed by atoms with Gasteiger partial charge < -0.3 is 5.32 Å².